The van der Waals surface area contributed by atoms with Crippen LogP contribution < -0.4 is 9.80 Å². The Morgan fingerprint density at radius 2 is 0.585 bits per heavy atom. The molecule has 0 spiro atoms. The van der Waals surface area contributed by atoms with Gasteiger partial charge in [-0.2, -0.15) is 0 Å². The number of fused-ring (bicyclic) bond motifs is 5. The molecule has 0 radical (unpaired) electrons. The van der Waals surface area contributed by atoms with Crippen LogP contribution in [0.2, 0.25) is 0 Å². The van der Waals surface area contributed by atoms with E-state index in [1.165, 1.54) is 66.1 Å². The van der Waals surface area contributed by atoms with Crippen molar-refractivity contribution in [3.8, 4) is 22.3 Å². The Labute approximate surface area is 380 Å². The molecule has 12 rings (SSSR count). The number of nitrogens with zero attached hydrogens (tertiary/aromatic N) is 2. The molecule has 0 bridgehead atoms. The minimum atomic E-state index is -0.676. The van der Waals surface area contributed by atoms with Gasteiger partial charge in [0.05, 0.1) is 5.41 Å². The van der Waals surface area contributed by atoms with Gasteiger partial charge in [-0.25, -0.2) is 0 Å². The van der Waals surface area contributed by atoms with Gasteiger partial charge in [0.25, 0.3) is 0 Å². The molecule has 65 heavy (non-hydrogen) atoms. The third kappa shape index (κ3) is 6.58. The van der Waals surface area contributed by atoms with E-state index in [0.717, 1.165) is 34.1 Å². The van der Waals surface area contributed by atoms with Crippen LogP contribution in [0.4, 0.5) is 34.1 Å². The maximum atomic E-state index is 2.47. The van der Waals surface area contributed by atoms with Crippen molar-refractivity contribution in [1.29, 1.82) is 0 Å². The first-order chi connectivity index (χ1) is 32.2. The van der Waals surface area contributed by atoms with Gasteiger partial charge in [0.15, 0.2) is 0 Å². The highest BCUT2D eigenvalue weighted by molar-refractivity contribution is 5.95. The summed E-state index contributed by atoms with van der Waals surface area (Å²) in [7, 11) is 0. The van der Waals surface area contributed by atoms with Crippen LogP contribution in [0.25, 0.3) is 43.8 Å². The lowest BCUT2D eigenvalue weighted by Gasteiger charge is -2.36. The molecular formula is C63H44N2. The molecule has 0 amide bonds. The van der Waals surface area contributed by atoms with Gasteiger partial charge >= 0.3 is 0 Å². The van der Waals surface area contributed by atoms with E-state index in [2.05, 4.69) is 277 Å². The Morgan fingerprint density at radius 3 is 1.06 bits per heavy atom. The molecule has 2 nitrogen and oxygen atoms in total. The van der Waals surface area contributed by atoms with Crippen LogP contribution in [-0.2, 0) is 5.41 Å². The molecule has 2 heteroatoms. The number of para-hydroxylation sites is 2. The first-order valence-corrected chi connectivity index (χ1v) is 22.4. The van der Waals surface area contributed by atoms with E-state index in [1.807, 2.05) is 0 Å². The molecule has 0 aliphatic heterocycles. The quantitative estimate of drug-likeness (QED) is 0.143. The summed E-state index contributed by atoms with van der Waals surface area (Å²) in [5.74, 6) is 0. The highest BCUT2D eigenvalue weighted by Gasteiger charge is 2.47. The second-order valence-electron chi connectivity index (χ2n) is 16.9. The summed E-state index contributed by atoms with van der Waals surface area (Å²) in [6.45, 7) is 0. The molecular weight excluding hydrogens is 785 g/mol. The van der Waals surface area contributed by atoms with Crippen molar-refractivity contribution in [2.75, 3.05) is 9.80 Å². The molecule has 0 saturated heterocycles. The fraction of sp³-hybridized carbons (Fsp3) is 0.0159. The zero-order chi connectivity index (χ0) is 43.2. The Balaban J connectivity index is 1.12. The third-order valence-corrected chi connectivity index (χ3v) is 13.3. The van der Waals surface area contributed by atoms with Gasteiger partial charge in [-0.15, -0.1) is 0 Å². The summed E-state index contributed by atoms with van der Waals surface area (Å²) in [5.41, 5.74) is 15.7. The summed E-state index contributed by atoms with van der Waals surface area (Å²) in [6, 6.07) is 97.8. The smallest absolute Gasteiger partial charge is 0.0715 e. The summed E-state index contributed by atoms with van der Waals surface area (Å²) in [6.07, 6.45) is 0. The van der Waals surface area contributed by atoms with E-state index >= 15 is 0 Å². The van der Waals surface area contributed by atoms with Gasteiger partial charge in [0, 0.05) is 34.1 Å². The molecule has 1 aliphatic rings. The zero-order valence-corrected chi connectivity index (χ0v) is 35.8. The molecule has 0 unspecified atom stereocenters. The van der Waals surface area contributed by atoms with Gasteiger partial charge in [0.1, 0.15) is 0 Å². The monoisotopic (exact) mass is 828 g/mol. The Bertz CT molecular complexity index is 3300. The van der Waals surface area contributed by atoms with Gasteiger partial charge in [-0.3, -0.25) is 0 Å². The molecule has 0 heterocycles. The number of rotatable bonds is 9. The molecule has 0 N–H and O–H groups in total. The fourth-order valence-electron chi connectivity index (χ4n) is 10.3. The van der Waals surface area contributed by atoms with E-state index < -0.39 is 5.41 Å². The number of hydrogen-bond acceptors (Lipinski definition) is 2. The molecule has 11 aromatic rings. The predicted molar refractivity (Wildman–Crippen MR) is 274 cm³/mol. The average Bonchev–Trinajstić information content (AvgIpc) is 3.67. The maximum Gasteiger partial charge on any atom is 0.0715 e. The lowest BCUT2D eigenvalue weighted by Crippen LogP contribution is -2.29. The average molecular weight is 829 g/mol. The predicted octanol–water partition coefficient (Wildman–Crippen LogP) is 17.0. The van der Waals surface area contributed by atoms with Crippen LogP contribution in [0.1, 0.15) is 22.3 Å². The van der Waals surface area contributed by atoms with Crippen LogP contribution in [0, 0.1) is 0 Å². The minimum Gasteiger partial charge on any atom is -0.310 e. The van der Waals surface area contributed by atoms with Crippen LogP contribution in [0.3, 0.4) is 0 Å². The van der Waals surface area contributed by atoms with Gasteiger partial charge in [0.2, 0.25) is 0 Å². The first kappa shape index (κ1) is 38.2. The summed E-state index contributed by atoms with van der Waals surface area (Å²) < 4.78 is 0. The van der Waals surface area contributed by atoms with E-state index in [1.54, 1.807) is 0 Å². The second kappa shape index (κ2) is 16.0. The highest BCUT2D eigenvalue weighted by atomic mass is 15.1. The third-order valence-electron chi connectivity index (χ3n) is 13.3. The normalized spacial score (nSPS) is 12.4. The van der Waals surface area contributed by atoms with Crippen molar-refractivity contribution in [1.82, 2.24) is 0 Å². The maximum absolute atomic E-state index is 2.47. The van der Waals surface area contributed by atoms with E-state index in [-0.39, 0.29) is 0 Å². The lowest BCUT2D eigenvalue weighted by atomic mass is 9.67. The van der Waals surface area contributed by atoms with Crippen molar-refractivity contribution >= 4 is 55.7 Å². The summed E-state index contributed by atoms with van der Waals surface area (Å²) >= 11 is 0. The highest BCUT2D eigenvalue weighted by Crippen LogP contribution is 2.58. The van der Waals surface area contributed by atoms with E-state index in [4.69, 9.17) is 0 Å². The molecule has 306 valence electrons. The zero-order valence-electron chi connectivity index (χ0n) is 35.8. The summed E-state index contributed by atoms with van der Waals surface area (Å²) in [5, 5.41) is 4.86. The molecule has 0 atom stereocenters. The number of benzene rings is 11. The topological polar surface area (TPSA) is 6.48 Å². The van der Waals surface area contributed by atoms with Crippen molar-refractivity contribution in [2.45, 2.75) is 5.41 Å². The Morgan fingerprint density at radius 1 is 0.231 bits per heavy atom. The van der Waals surface area contributed by atoms with Crippen LogP contribution >= 0.6 is 0 Å². The molecule has 11 aromatic carbocycles. The van der Waals surface area contributed by atoms with E-state index in [9.17, 15) is 0 Å². The standard InChI is InChI=1S/C63H44N2/c1-5-17-45(18-6-1)48-29-33-52(34-30-48)63(51-23-7-2-8-24-51)61-43-57(64(53-25-9-3-10-26-53)55-35-31-46-19-13-15-21-49(46)41-55)37-39-59(61)60-40-38-58(44-62(60)63)65(54-27-11-4-12-28-54)56-36-32-47-20-14-16-22-50(47)42-56/h1-44H. The Hall–Kier alpha value is -8.46. The number of anilines is 6. The molecule has 0 aromatic heterocycles. The first-order valence-electron chi connectivity index (χ1n) is 22.4. The van der Waals surface area contributed by atoms with Gasteiger partial charge in [-0.1, -0.05) is 194 Å². The van der Waals surface area contributed by atoms with Crippen molar-refractivity contribution < 1.29 is 0 Å². The van der Waals surface area contributed by atoms with Crippen molar-refractivity contribution in [2.24, 2.45) is 0 Å². The molecule has 1 aliphatic carbocycles. The fourth-order valence-corrected chi connectivity index (χ4v) is 10.3. The number of hydrogen-bond donors (Lipinski definition) is 0. The van der Waals surface area contributed by atoms with Crippen molar-refractivity contribution in [3.63, 3.8) is 0 Å². The van der Waals surface area contributed by atoms with Crippen LogP contribution in [0.15, 0.2) is 267 Å². The lowest BCUT2D eigenvalue weighted by molar-refractivity contribution is 0.768. The summed E-state index contributed by atoms with van der Waals surface area (Å²) in [4.78, 5) is 4.82. The van der Waals surface area contributed by atoms with Crippen LogP contribution in [-0.4, -0.2) is 0 Å². The van der Waals surface area contributed by atoms with Crippen molar-refractivity contribution in [3.05, 3.63) is 289 Å². The Kier molecular flexibility index (Phi) is 9.43. The minimum absolute atomic E-state index is 0.676. The van der Waals surface area contributed by atoms with Gasteiger partial charge < -0.3 is 9.80 Å². The largest absolute Gasteiger partial charge is 0.310 e. The second-order valence-corrected chi connectivity index (χ2v) is 16.9. The SMILES string of the molecule is c1ccc(-c2ccc(C3(c4ccccc4)c4cc(N(c5ccccc5)c5ccc6ccccc6c5)ccc4-c4ccc(N(c5ccccc5)c5ccc6ccccc6c5)cc43)cc2)cc1. The van der Waals surface area contributed by atoms with E-state index in [0.29, 0.717) is 0 Å². The molecule has 0 fully saturated rings. The van der Waals surface area contributed by atoms with Gasteiger partial charge in [-0.05, 0) is 139 Å². The molecule has 0 saturated carbocycles. The van der Waals surface area contributed by atoms with Crippen LogP contribution in [0.5, 0.6) is 0 Å².